The maximum atomic E-state index is 11.0. The Morgan fingerprint density at radius 2 is 2.14 bits per heavy atom. The van der Waals surface area contributed by atoms with Crippen molar-refractivity contribution in [1.82, 2.24) is 4.90 Å². The molecule has 6 heteroatoms. The first-order valence-corrected chi connectivity index (χ1v) is 4.39. The molecule has 1 amide bonds. The molecule has 4 N–H and O–H groups in total. The number of carbonyl (C=O) groups is 2. The number of amides is 1. The second kappa shape index (κ2) is 3.93. The van der Waals surface area contributed by atoms with Crippen molar-refractivity contribution in [3.8, 4) is 0 Å². The number of carboxylic acid groups (broad SMARTS) is 1. The van der Waals surface area contributed by atoms with Crippen molar-refractivity contribution in [1.29, 1.82) is 0 Å². The van der Waals surface area contributed by atoms with E-state index in [0.717, 1.165) is 0 Å². The Kier molecular flexibility index (Phi) is 3.07. The molecule has 0 aromatic rings. The summed E-state index contributed by atoms with van der Waals surface area (Å²) in [6, 6.07) is -1.47. The van der Waals surface area contributed by atoms with Crippen molar-refractivity contribution >= 4 is 11.9 Å². The maximum Gasteiger partial charge on any atom is 0.320 e. The highest BCUT2D eigenvalue weighted by Crippen LogP contribution is 2.20. The molecule has 3 atom stereocenters. The van der Waals surface area contributed by atoms with Gasteiger partial charge in [0.2, 0.25) is 5.91 Å². The van der Waals surface area contributed by atoms with Gasteiger partial charge in [-0.15, -0.1) is 0 Å². The van der Waals surface area contributed by atoms with Gasteiger partial charge in [-0.1, -0.05) is 0 Å². The number of β-amino-alcohol motifs (C(OH)–C–C–N with tert-alkyl or cyclic N) is 1. The molecule has 0 spiro atoms. The molecular weight excluding hydrogens is 188 g/mol. The zero-order valence-corrected chi connectivity index (χ0v) is 7.88. The van der Waals surface area contributed by atoms with E-state index >= 15 is 0 Å². The number of likely N-dealkylation sites (tertiary alicyclic amines) is 1. The van der Waals surface area contributed by atoms with E-state index in [0.29, 0.717) is 0 Å². The number of carboxylic acids is 1. The quantitative estimate of drug-likeness (QED) is 0.510. The Hall–Kier alpha value is -1.14. The van der Waals surface area contributed by atoms with Gasteiger partial charge in [0.05, 0.1) is 12.1 Å². The molecule has 0 bridgehead atoms. The van der Waals surface area contributed by atoms with Crippen LogP contribution in [0.3, 0.4) is 0 Å². The smallest absolute Gasteiger partial charge is 0.320 e. The molecule has 6 nitrogen and oxygen atoms in total. The lowest BCUT2D eigenvalue weighted by Crippen LogP contribution is -2.47. The summed E-state index contributed by atoms with van der Waals surface area (Å²) in [5.74, 6) is -1.61. The number of aliphatic carboxylic acids is 1. The molecule has 1 saturated heterocycles. The Balaban J connectivity index is 2.76. The Labute approximate surface area is 81.3 Å². The number of aliphatic hydroxyl groups is 1. The third kappa shape index (κ3) is 2.02. The SMILES string of the molecule is CC(C(=O)O)N1CC(O)CC1C(N)=O. The number of carbonyl (C=O) groups excluding carboxylic acids is 1. The summed E-state index contributed by atoms with van der Waals surface area (Å²) in [6.07, 6.45) is -0.457. The number of nitrogens with two attached hydrogens (primary N) is 1. The molecule has 1 heterocycles. The van der Waals surface area contributed by atoms with Crippen LogP contribution in [0, 0.1) is 0 Å². The lowest BCUT2D eigenvalue weighted by atomic mass is 10.2. The molecule has 0 radical (unpaired) electrons. The molecule has 3 unspecified atom stereocenters. The van der Waals surface area contributed by atoms with Gasteiger partial charge < -0.3 is 15.9 Å². The summed E-state index contributed by atoms with van der Waals surface area (Å²) in [5, 5.41) is 18.1. The number of hydrogen-bond donors (Lipinski definition) is 3. The van der Waals surface area contributed by atoms with E-state index in [9.17, 15) is 14.7 Å². The molecular formula is C8H14N2O4. The fraction of sp³-hybridized carbons (Fsp3) is 0.750. The minimum atomic E-state index is -1.02. The molecule has 1 fully saturated rings. The van der Waals surface area contributed by atoms with Crippen molar-refractivity contribution in [2.45, 2.75) is 31.5 Å². The molecule has 0 aromatic heterocycles. The second-order valence-corrected chi connectivity index (χ2v) is 3.52. The molecule has 1 aliphatic rings. The number of primary amides is 1. The minimum Gasteiger partial charge on any atom is -0.480 e. The Morgan fingerprint density at radius 3 is 2.57 bits per heavy atom. The van der Waals surface area contributed by atoms with Crippen molar-refractivity contribution < 1.29 is 19.8 Å². The van der Waals surface area contributed by atoms with Gasteiger partial charge in [0.15, 0.2) is 0 Å². The monoisotopic (exact) mass is 202 g/mol. The van der Waals surface area contributed by atoms with Gasteiger partial charge in [-0.2, -0.15) is 0 Å². The standard InChI is InChI=1S/C8H14N2O4/c1-4(8(13)14)10-3-5(11)2-6(10)7(9)12/h4-6,11H,2-3H2,1H3,(H2,9,12)(H,13,14). The zero-order chi connectivity index (χ0) is 10.9. The Morgan fingerprint density at radius 1 is 1.57 bits per heavy atom. The summed E-state index contributed by atoms with van der Waals surface area (Å²) in [6.45, 7) is 1.65. The average Bonchev–Trinajstić information content (AvgIpc) is 2.45. The van der Waals surface area contributed by atoms with E-state index in [2.05, 4.69) is 0 Å². The van der Waals surface area contributed by atoms with Crippen LogP contribution in [0.1, 0.15) is 13.3 Å². The number of nitrogens with zero attached hydrogens (tertiary/aromatic N) is 1. The van der Waals surface area contributed by atoms with Crippen LogP contribution in [0.2, 0.25) is 0 Å². The van der Waals surface area contributed by atoms with E-state index in [1.54, 1.807) is 0 Å². The summed E-state index contributed by atoms with van der Waals surface area (Å²) in [7, 11) is 0. The number of rotatable bonds is 3. The van der Waals surface area contributed by atoms with E-state index in [-0.39, 0.29) is 13.0 Å². The van der Waals surface area contributed by atoms with E-state index in [4.69, 9.17) is 10.8 Å². The predicted molar refractivity (Wildman–Crippen MR) is 47.4 cm³/mol. The van der Waals surface area contributed by atoms with E-state index in [1.165, 1.54) is 11.8 Å². The molecule has 80 valence electrons. The highest BCUT2D eigenvalue weighted by Gasteiger charge is 2.39. The topological polar surface area (TPSA) is 104 Å². The van der Waals surface area contributed by atoms with Crippen molar-refractivity contribution in [2.24, 2.45) is 5.73 Å². The third-order valence-corrected chi connectivity index (χ3v) is 2.50. The summed E-state index contributed by atoms with van der Waals surface area (Å²) in [4.78, 5) is 23.1. The first-order chi connectivity index (χ1) is 6.43. The Bertz CT molecular complexity index is 256. The van der Waals surface area contributed by atoms with Gasteiger partial charge in [0.1, 0.15) is 6.04 Å². The van der Waals surface area contributed by atoms with Crippen LogP contribution < -0.4 is 5.73 Å². The summed E-state index contributed by atoms with van der Waals surface area (Å²) in [5.41, 5.74) is 5.10. The van der Waals surface area contributed by atoms with Gasteiger partial charge in [0, 0.05) is 6.54 Å². The van der Waals surface area contributed by atoms with Crippen LogP contribution in [0.4, 0.5) is 0 Å². The number of hydrogen-bond acceptors (Lipinski definition) is 4. The molecule has 0 aromatic carbocycles. The van der Waals surface area contributed by atoms with Crippen molar-refractivity contribution in [3.63, 3.8) is 0 Å². The van der Waals surface area contributed by atoms with Crippen molar-refractivity contribution in [2.75, 3.05) is 6.54 Å². The van der Waals surface area contributed by atoms with Crippen LogP contribution >= 0.6 is 0 Å². The van der Waals surface area contributed by atoms with Gasteiger partial charge in [-0.25, -0.2) is 0 Å². The fourth-order valence-electron chi connectivity index (χ4n) is 1.69. The van der Waals surface area contributed by atoms with E-state index in [1.807, 2.05) is 0 Å². The minimum absolute atomic E-state index is 0.182. The molecule has 1 aliphatic heterocycles. The third-order valence-electron chi connectivity index (χ3n) is 2.50. The lowest BCUT2D eigenvalue weighted by Gasteiger charge is -2.25. The highest BCUT2D eigenvalue weighted by molar-refractivity contribution is 5.82. The first-order valence-electron chi connectivity index (χ1n) is 4.39. The average molecular weight is 202 g/mol. The first kappa shape index (κ1) is 10.9. The van der Waals surface area contributed by atoms with Crippen LogP contribution in [0.15, 0.2) is 0 Å². The highest BCUT2D eigenvalue weighted by atomic mass is 16.4. The molecule has 1 rings (SSSR count). The maximum absolute atomic E-state index is 11.0. The normalized spacial score (nSPS) is 30.1. The van der Waals surface area contributed by atoms with Crippen LogP contribution in [0.5, 0.6) is 0 Å². The van der Waals surface area contributed by atoms with Gasteiger partial charge in [-0.3, -0.25) is 14.5 Å². The van der Waals surface area contributed by atoms with Crippen LogP contribution in [0.25, 0.3) is 0 Å². The largest absolute Gasteiger partial charge is 0.480 e. The predicted octanol–water partition coefficient (Wildman–Crippen LogP) is -1.62. The summed E-state index contributed by atoms with van der Waals surface area (Å²) >= 11 is 0. The fourth-order valence-corrected chi connectivity index (χ4v) is 1.69. The summed E-state index contributed by atoms with van der Waals surface area (Å²) < 4.78 is 0. The van der Waals surface area contributed by atoms with Crippen LogP contribution in [-0.2, 0) is 9.59 Å². The zero-order valence-electron chi connectivity index (χ0n) is 7.88. The van der Waals surface area contributed by atoms with Gasteiger partial charge >= 0.3 is 5.97 Å². The molecule has 0 saturated carbocycles. The number of aliphatic hydroxyl groups excluding tert-OH is 1. The van der Waals surface area contributed by atoms with Crippen molar-refractivity contribution in [3.05, 3.63) is 0 Å². The van der Waals surface area contributed by atoms with Crippen LogP contribution in [-0.4, -0.2) is 51.7 Å². The van der Waals surface area contributed by atoms with E-state index < -0.39 is 30.1 Å². The van der Waals surface area contributed by atoms with Gasteiger partial charge in [0.25, 0.3) is 0 Å². The van der Waals surface area contributed by atoms with Gasteiger partial charge in [-0.05, 0) is 13.3 Å². The molecule has 14 heavy (non-hydrogen) atoms. The molecule has 0 aliphatic carbocycles. The lowest BCUT2D eigenvalue weighted by molar-refractivity contribution is -0.143. The second-order valence-electron chi connectivity index (χ2n) is 3.52.